The first-order valence-electron chi connectivity index (χ1n) is 7.88. The molecule has 0 amide bonds. The molecule has 128 valence electrons. The lowest BCUT2D eigenvalue weighted by atomic mass is 10.1. The highest BCUT2D eigenvalue weighted by atomic mass is 19.2. The van der Waals surface area contributed by atoms with E-state index in [1.54, 1.807) is 6.07 Å². The Balaban J connectivity index is 1.86. The molecule has 0 N–H and O–H groups in total. The summed E-state index contributed by atoms with van der Waals surface area (Å²) >= 11 is 0. The number of aryl methyl sites for hydroxylation is 1. The molecular formula is C20H15F3O2. The van der Waals surface area contributed by atoms with Crippen LogP contribution in [0.4, 0.5) is 13.2 Å². The molecule has 3 aromatic carbocycles. The molecule has 3 rings (SSSR count). The minimum Gasteiger partial charge on any atom is -0.423 e. The van der Waals surface area contributed by atoms with Gasteiger partial charge in [0.15, 0.2) is 11.6 Å². The van der Waals surface area contributed by atoms with Crippen LogP contribution in [0.3, 0.4) is 0 Å². The lowest BCUT2D eigenvalue weighted by Gasteiger charge is -2.08. The van der Waals surface area contributed by atoms with Gasteiger partial charge in [0.05, 0.1) is 5.56 Å². The molecule has 0 aliphatic rings. The van der Waals surface area contributed by atoms with Gasteiger partial charge >= 0.3 is 5.97 Å². The quantitative estimate of drug-likeness (QED) is 0.466. The molecule has 0 bridgehead atoms. The van der Waals surface area contributed by atoms with Crippen molar-refractivity contribution in [1.29, 1.82) is 0 Å². The topological polar surface area (TPSA) is 26.3 Å². The van der Waals surface area contributed by atoms with E-state index in [-0.39, 0.29) is 16.7 Å². The number of fused-ring (bicyclic) bond motifs is 1. The van der Waals surface area contributed by atoms with Gasteiger partial charge in [-0.3, -0.25) is 0 Å². The molecule has 0 aliphatic carbocycles. The maximum absolute atomic E-state index is 14.1. The van der Waals surface area contributed by atoms with E-state index in [2.05, 4.69) is 0 Å². The van der Waals surface area contributed by atoms with E-state index in [4.69, 9.17) is 4.74 Å². The van der Waals surface area contributed by atoms with Crippen LogP contribution >= 0.6 is 0 Å². The van der Waals surface area contributed by atoms with Gasteiger partial charge in [-0.2, -0.15) is 0 Å². The van der Waals surface area contributed by atoms with Gasteiger partial charge in [0.25, 0.3) is 0 Å². The summed E-state index contributed by atoms with van der Waals surface area (Å²) in [6, 6.07) is 10.8. The highest BCUT2D eigenvalue weighted by Crippen LogP contribution is 2.25. The first-order valence-corrected chi connectivity index (χ1v) is 7.88. The molecule has 0 saturated carbocycles. The zero-order valence-corrected chi connectivity index (χ0v) is 13.5. The van der Waals surface area contributed by atoms with E-state index in [1.807, 2.05) is 6.92 Å². The van der Waals surface area contributed by atoms with Crippen molar-refractivity contribution in [2.24, 2.45) is 0 Å². The number of carbonyl (C=O) groups is 1. The zero-order chi connectivity index (χ0) is 18.0. The predicted molar refractivity (Wildman–Crippen MR) is 89.2 cm³/mol. The van der Waals surface area contributed by atoms with E-state index < -0.39 is 23.4 Å². The molecule has 0 atom stereocenters. The Labute approximate surface area is 142 Å². The van der Waals surface area contributed by atoms with E-state index in [1.165, 1.54) is 36.4 Å². The summed E-state index contributed by atoms with van der Waals surface area (Å²) in [4.78, 5) is 12.2. The molecule has 0 unspecified atom stereocenters. The fourth-order valence-corrected chi connectivity index (χ4v) is 2.64. The van der Waals surface area contributed by atoms with Crippen LogP contribution in [0.15, 0.2) is 48.5 Å². The van der Waals surface area contributed by atoms with Crippen molar-refractivity contribution in [2.75, 3.05) is 0 Å². The average molecular weight is 344 g/mol. The maximum atomic E-state index is 14.1. The van der Waals surface area contributed by atoms with Crippen molar-refractivity contribution in [3.8, 4) is 5.75 Å². The normalized spacial score (nSPS) is 10.9. The van der Waals surface area contributed by atoms with Crippen LogP contribution in [0.25, 0.3) is 10.8 Å². The van der Waals surface area contributed by atoms with E-state index in [0.717, 1.165) is 24.5 Å². The Kier molecular flexibility index (Phi) is 4.74. The number of esters is 1. The van der Waals surface area contributed by atoms with Crippen molar-refractivity contribution in [2.45, 2.75) is 19.8 Å². The Bertz CT molecular complexity index is 951. The van der Waals surface area contributed by atoms with Crippen LogP contribution in [0.5, 0.6) is 5.75 Å². The molecule has 2 nitrogen and oxygen atoms in total. The molecule has 3 aromatic rings. The largest absolute Gasteiger partial charge is 0.423 e. The van der Waals surface area contributed by atoms with Gasteiger partial charge in [-0.05, 0) is 53.8 Å². The molecular weight excluding hydrogens is 329 g/mol. The summed E-state index contributed by atoms with van der Waals surface area (Å²) in [5, 5.41) is 0.456. The molecule has 5 heteroatoms. The third-order valence-electron chi connectivity index (χ3n) is 3.88. The SMILES string of the molecule is CCCc1ccc(C(=O)Oc2ccc3c(F)c(F)ccc3c2)c(F)c1. The molecule has 25 heavy (non-hydrogen) atoms. The summed E-state index contributed by atoms with van der Waals surface area (Å²) in [6.07, 6.45) is 1.59. The molecule has 0 heterocycles. The van der Waals surface area contributed by atoms with Crippen molar-refractivity contribution < 1.29 is 22.7 Å². The maximum Gasteiger partial charge on any atom is 0.346 e. The molecule has 0 spiro atoms. The number of benzene rings is 3. The first kappa shape index (κ1) is 17.0. The number of rotatable bonds is 4. The minimum atomic E-state index is -0.965. The Hall–Kier alpha value is -2.82. The van der Waals surface area contributed by atoms with Gasteiger partial charge < -0.3 is 4.74 Å². The molecule has 0 saturated heterocycles. The van der Waals surface area contributed by atoms with Gasteiger partial charge in [0, 0.05) is 5.39 Å². The van der Waals surface area contributed by atoms with Crippen molar-refractivity contribution in [3.63, 3.8) is 0 Å². The highest BCUT2D eigenvalue weighted by Gasteiger charge is 2.15. The molecule has 0 fully saturated rings. The number of ether oxygens (including phenoxy) is 1. The Morgan fingerprint density at radius 2 is 1.76 bits per heavy atom. The third-order valence-corrected chi connectivity index (χ3v) is 3.88. The summed E-state index contributed by atoms with van der Waals surface area (Å²) in [7, 11) is 0. The number of carbonyl (C=O) groups excluding carboxylic acids is 1. The van der Waals surface area contributed by atoms with Gasteiger partial charge in [0.2, 0.25) is 0 Å². The predicted octanol–water partition coefficient (Wildman–Crippen LogP) is 5.43. The smallest absolute Gasteiger partial charge is 0.346 e. The number of hydrogen-bond acceptors (Lipinski definition) is 2. The lowest BCUT2D eigenvalue weighted by Crippen LogP contribution is -2.11. The molecule has 0 radical (unpaired) electrons. The Morgan fingerprint density at radius 3 is 2.48 bits per heavy atom. The summed E-state index contributed by atoms with van der Waals surface area (Å²) in [6.45, 7) is 1.98. The first-order chi connectivity index (χ1) is 12.0. The summed E-state index contributed by atoms with van der Waals surface area (Å²) < 4.78 is 46.1. The number of hydrogen-bond donors (Lipinski definition) is 0. The van der Waals surface area contributed by atoms with Crippen LogP contribution in [0, 0.1) is 17.5 Å². The number of halogens is 3. The monoisotopic (exact) mass is 344 g/mol. The van der Waals surface area contributed by atoms with Crippen LogP contribution in [0.2, 0.25) is 0 Å². The Morgan fingerprint density at radius 1 is 0.960 bits per heavy atom. The van der Waals surface area contributed by atoms with Crippen LogP contribution in [-0.4, -0.2) is 5.97 Å². The van der Waals surface area contributed by atoms with E-state index in [9.17, 15) is 18.0 Å². The molecule has 0 aromatic heterocycles. The summed E-state index contributed by atoms with van der Waals surface area (Å²) in [5.74, 6) is -3.28. The van der Waals surface area contributed by atoms with Crippen molar-refractivity contribution in [1.82, 2.24) is 0 Å². The lowest BCUT2D eigenvalue weighted by molar-refractivity contribution is 0.0730. The van der Waals surface area contributed by atoms with Crippen LogP contribution in [0.1, 0.15) is 29.3 Å². The van der Waals surface area contributed by atoms with Crippen molar-refractivity contribution >= 4 is 16.7 Å². The van der Waals surface area contributed by atoms with Gasteiger partial charge in [0.1, 0.15) is 11.6 Å². The van der Waals surface area contributed by atoms with Gasteiger partial charge in [-0.1, -0.05) is 25.5 Å². The van der Waals surface area contributed by atoms with E-state index in [0.29, 0.717) is 5.39 Å². The van der Waals surface area contributed by atoms with Crippen molar-refractivity contribution in [3.05, 3.63) is 77.1 Å². The zero-order valence-electron chi connectivity index (χ0n) is 13.5. The second-order valence-corrected chi connectivity index (χ2v) is 5.70. The van der Waals surface area contributed by atoms with E-state index >= 15 is 0 Å². The van der Waals surface area contributed by atoms with Gasteiger partial charge in [-0.15, -0.1) is 0 Å². The standard InChI is InChI=1S/C20H15F3O2/c1-2-3-12-4-7-16(18(22)10-12)20(24)25-14-6-8-15-13(11-14)5-9-17(21)19(15)23/h4-11H,2-3H2,1H3. The second-order valence-electron chi connectivity index (χ2n) is 5.70. The fourth-order valence-electron chi connectivity index (χ4n) is 2.64. The van der Waals surface area contributed by atoms with Crippen LogP contribution in [-0.2, 0) is 6.42 Å². The highest BCUT2D eigenvalue weighted by molar-refractivity contribution is 5.92. The minimum absolute atomic E-state index is 0.0786. The average Bonchev–Trinajstić information content (AvgIpc) is 2.58. The second kappa shape index (κ2) is 6.97. The third kappa shape index (κ3) is 3.50. The summed E-state index contributed by atoms with van der Waals surface area (Å²) in [5.41, 5.74) is 0.630. The van der Waals surface area contributed by atoms with Crippen LogP contribution < -0.4 is 4.74 Å². The van der Waals surface area contributed by atoms with Gasteiger partial charge in [-0.25, -0.2) is 18.0 Å². The fraction of sp³-hybridized carbons (Fsp3) is 0.150. The molecule has 0 aliphatic heterocycles.